The lowest BCUT2D eigenvalue weighted by Crippen LogP contribution is -2.60. The van der Waals surface area contributed by atoms with Crippen molar-refractivity contribution in [2.45, 2.75) is 58.2 Å². The summed E-state index contributed by atoms with van der Waals surface area (Å²) in [5.74, 6) is -1.41. The second-order valence-corrected chi connectivity index (χ2v) is 11.1. The quantitative estimate of drug-likeness (QED) is 0.458. The normalized spacial score (nSPS) is 22.5. The first kappa shape index (κ1) is 24.2. The largest absolute Gasteiger partial charge is 0.370 e. The maximum Gasteiger partial charge on any atom is 0.160 e. The number of nitrogens with zero attached hydrogens (tertiary/aromatic N) is 2. The molecule has 2 atom stereocenters. The summed E-state index contributed by atoms with van der Waals surface area (Å²) in [4.78, 5) is 6.94. The highest BCUT2D eigenvalue weighted by atomic mass is 19.1. The molecule has 5 nitrogen and oxygen atoms in total. The van der Waals surface area contributed by atoms with Gasteiger partial charge < -0.3 is 20.1 Å². The van der Waals surface area contributed by atoms with Crippen LogP contribution in [0, 0.1) is 17.0 Å². The number of hydrogen-bond acceptors (Lipinski definition) is 4. The van der Waals surface area contributed by atoms with Crippen LogP contribution in [-0.2, 0) is 6.42 Å². The molecule has 1 aromatic heterocycles. The van der Waals surface area contributed by atoms with E-state index in [1.165, 1.54) is 26.0 Å². The third-order valence-electron chi connectivity index (χ3n) is 7.51. The van der Waals surface area contributed by atoms with Gasteiger partial charge in [0.25, 0.3) is 0 Å². The first-order valence-corrected chi connectivity index (χ1v) is 12.0. The fraction of sp³-hybridized carbons (Fsp3) is 0.481. The summed E-state index contributed by atoms with van der Waals surface area (Å²) in [5.41, 5.74) is 0.519. The van der Waals surface area contributed by atoms with E-state index < -0.39 is 35.1 Å². The first-order chi connectivity index (χ1) is 16.4. The van der Waals surface area contributed by atoms with Crippen LogP contribution in [0.4, 0.5) is 18.9 Å². The van der Waals surface area contributed by atoms with E-state index in [4.69, 9.17) is 0 Å². The predicted molar refractivity (Wildman–Crippen MR) is 130 cm³/mol. The van der Waals surface area contributed by atoms with Crippen LogP contribution in [0.5, 0.6) is 0 Å². The highest BCUT2D eigenvalue weighted by Gasteiger charge is 2.45. The summed E-state index contributed by atoms with van der Waals surface area (Å²) in [6.07, 6.45) is -0.863. The van der Waals surface area contributed by atoms with Gasteiger partial charge in [0.1, 0.15) is 17.3 Å². The molecular formula is C27H32F3N3O2. The molecule has 5 rings (SSSR count). The Kier molecular flexibility index (Phi) is 5.69. The molecule has 1 fully saturated rings. The number of halogens is 3. The van der Waals surface area contributed by atoms with Crippen LogP contribution in [0.25, 0.3) is 10.9 Å². The molecule has 0 unspecified atom stereocenters. The van der Waals surface area contributed by atoms with Crippen molar-refractivity contribution in [2.24, 2.45) is 5.41 Å². The summed E-state index contributed by atoms with van der Waals surface area (Å²) in [6, 6.07) is 9.41. The Bertz CT molecular complexity index is 1240. The molecule has 3 aromatic rings. The average Bonchev–Trinajstić information content (AvgIpc) is 3.10. The Morgan fingerprint density at radius 2 is 1.77 bits per heavy atom. The van der Waals surface area contributed by atoms with Gasteiger partial charge in [-0.05, 0) is 51.0 Å². The number of para-hydroxylation sites is 1. The smallest absolute Gasteiger partial charge is 0.160 e. The number of aromatic amines is 1. The second-order valence-electron chi connectivity index (χ2n) is 11.1. The molecule has 1 saturated heterocycles. The van der Waals surface area contributed by atoms with Crippen LogP contribution >= 0.6 is 0 Å². The van der Waals surface area contributed by atoms with Gasteiger partial charge in [0.05, 0.1) is 11.5 Å². The van der Waals surface area contributed by atoms with Crippen LogP contribution in [0.1, 0.15) is 50.6 Å². The van der Waals surface area contributed by atoms with E-state index in [0.29, 0.717) is 17.8 Å². The molecule has 3 heterocycles. The zero-order chi connectivity index (χ0) is 25.3. The fourth-order valence-corrected chi connectivity index (χ4v) is 5.68. The van der Waals surface area contributed by atoms with E-state index in [-0.39, 0.29) is 31.2 Å². The molecule has 0 amide bonds. The molecular weight excluding hydrogens is 455 g/mol. The van der Waals surface area contributed by atoms with Gasteiger partial charge in [0.2, 0.25) is 0 Å². The van der Waals surface area contributed by atoms with E-state index in [1.807, 2.05) is 36.1 Å². The summed E-state index contributed by atoms with van der Waals surface area (Å²) in [7, 11) is 0. The molecule has 188 valence electrons. The van der Waals surface area contributed by atoms with Crippen LogP contribution in [0.3, 0.4) is 0 Å². The lowest BCUT2D eigenvalue weighted by Gasteiger charge is -2.50. The standard InChI is InChI=1S/C27H32F3N3O2/c1-15-9-18-17-7-5-6-8-21(17)31-23(18)24(33(15)12-26(2,3)30)22-19(28)10-16(11-20(22)29)32-13-27(4,14-32)25(34)35/h5-8,10-11,15,24-25,31,34-35H,9,12-14H2,1-4H3/t15-,24-/m1/s1. The zero-order valence-corrected chi connectivity index (χ0v) is 20.4. The van der Waals surface area contributed by atoms with Crippen LogP contribution in [-0.4, -0.2) is 57.7 Å². The molecule has 0 aliphatic carbocycles. The van der Waals surface area contributed by atoms with Crippen LogP contribution < -0.4 is 4.90 Å². The monoisotopic (exact) mass is 487 g/mol. The zero-order valence-electron chi connectivity index (χ0n) is 20.4. The Hall–Kier alpha value is -2.55. The number of aromatic nitrogens is 1. The molecule has 2 aliphatic rings. The first-order valence-electron chi connectivity index (χ1n) is 12.0. The van der Waals surface area contributed by atoms with Gasteiger partial charge in [-0.25, -0.2) is 13.2 Å². The Balaban J connectivity index is 1.60. The Morgan fingerprint density at radius 1 is 1.14 bits per heavy atom. The number of aliphatic hydroxyl groups excluding tert-OH is 1. The number of benzene rings is 2. The van der Waals surface area contributed by atoms with Gasteiger partial charge >= 0.3 is 0 Å². The van der Waals surface area contributed by atoms with Crippen LogP contribution in [0.2, 0.25) is 0 Å². The second kappa shape index (κ2) is 8.25. The maximum atomic E-state index is 15.8. The molecule has 3 N–H and O–H groups in total. The van der Waals surface area contributed by atoms with Crippen molar-refractivity contribution < 1.29 is 23.4 Å². The number of H-pyrrole nitrogens is 1. The van der Waals surface area contributed by atoms with E-state index in [0.717, 1.165) is 16.5 Å². The van der Waals surface area contributed by atoms with E-state index in [9.17, 15) is 14.6 Å². The van der Waals surface area contributed by atoms with Gasteiger partial charge in [-0.2, -0.15) is 0 Å². The lowest BCUT2D eigenvalue weighted by molar-refractivity contribution is -0.138. The van der Waals surface area contributed by atoms with E-state index >= 15 is 8.78 Å². The highest BCUT2D eigenvalue weighted by molar-refractivity contribution is 5.85. The van der Waals surface area contributed by atoms with Crippen molar-refractivity contribution >= 4 is 16.6 Å². The number of hydrogen-bond donors (Lipinski definition) is 3. The number of nitrogens with one attached hydrogen (secondary N) is 1. The third-order valence-corrected chi connectivity index (χ3v) is 7.51. The van der Waals surface area contributed by atoms with Crippen molar-refractivity contribution in [2.75, 3.05) is 24.5 Å². The van der Waals surface area contributed by atoms with Crippen molar-refractivity contribution in [3.63, 3.8) is 0 Å². The van der Waals surface area contributed by atoms with Crippen molar-refractivity contribution in [3.8, 4) is 0 Å². The van der Waals surface area contributed by atoms with Crippen molar-refractivity contribution in [3.05, 3.63) is 64.9 Å². The van der Waals surface area contributed by atoms with Gasteiger partial charge in [-0.15, -0.1) is 0 Å². The molecule has 2 aromatic carbocycles. The summed E-state index contributed by atoms with van der Waals surface area (Å²) < 4.78 is 46.4. The van der Waals surface area contributed by atoms with Crippen molar-refractivity contribution in [1.82, 2.24) is 9.88 Å². The molecule has 35 heavy (non-hydrogen) atoms. The minimum Gasteiger partial charge on any atom is -0.370 e. The van der Waals surface area contributed by atoms with Gasteiger partial charge in [0.15, 0.2) is 6.29 Å². The SMILES string of the molecule is C[C@@H]1Cc2c([nH]c3ccccc23)[C@@H](c2c(F)cc(N3CC(C)(C(O)O)C3)cc2F)N1CC(C)(C)F. The molecule has 0 radical (unpaired) electrons. The predicted octanol–water partition coefficient (Wildman–Crippen LogP) is 4.67. The van der Waals surface area contributed by atoms with Gasteiger partial charge in [-0.1, -0.05) is 25.1 Å². The third kappa shape index (κ3) is 4.11. The molecule has 8 heteroatoms. The number of aliphatic hydroxyl groups is 2. The Labute approximate surface area is 203 Å². The highest BCUT2D eigenvalue weighted by Crippen LogP contribution is 2.44. The van der Waals surface area contributed by atoms with Crippen LogP contribution in [0.15, 0.2) is 36.4 Å². The molecule has 2 aliphatic heterocycles. The van der Waals surface area contributed by atoms with E-state index in [1.54, 1.807) is 11.8 Å². The maximum absolute atomic E-state index is 15.8. The van der Waals surface area contributed by atoms with Crippen molar-refractivity contribution in [1.29, 1.82) is 0 Å². The number of anilines is 1. The van der Waals surface area contributed by atoms with Gasteiger partial charge in [-0.3, -0.25) is 4.90 Å². The minimum absolute atomic E-state index is 0.0210. The molecule has 0 spiro atoms. The minimum atomic E-state index is -1.56. The fourth-order valence-electron chi connectivity index (χ4n) is 5.68. The summed E-state index contributed by atoms with van der Waals surface area (Å²) in [6.45, 7) is 7.21. The molecule has 0 bridgehead atoms. The Morgan fingerprint density at radius 3 is 2.37 bits per heavy atom. The summed E-state index contributed by atoms with van der Waals surface area (Å²) in [5, 5.41) is 20.1. The number of fused-ring (bicyclic) bond motifs is 3. The topological polar surface area (TPSA) is 62.7 Å². The van der Waals surface area contributed by atoms with Gasteiger partial charge in [0, 0.05) is 53.5 Å². The summed E-state index contributed by atoms with van der Waals surface area (Å²) >= 11 is 0. The van der Waals surface area contributed by atoms with E-state index in [2.05, 4.69) is 4.98 Å². The lowest BCUT2D eigenvalue weighted by atomic mass is 9.80. The average molecular weight is 488 g/mol. The number of alkyl halides is 1. The molecule has 0 saturated carbocycles. The number of rotatable bonds is 5.